The first-order valence-electron chi connectivity index (χ1n) is 5.39. The van der Waals surface area contributed by atoms with Crippen LogP contribution in [0.1, 0.15) is 15.9 Å². The third kappa shape index (κ3) is 3.30. The summed E-state index contributed by atoms with van der Waals surface area (Å²) < 4.78 is 1.05. The van der Waals surface area contributed by atoms with Crippen LogP contribution < -0.4 is 11.1 Å². The van der Waals surface area contributed by atoms with Gasteiger partial charge in [-0.15, -0.1) is 0 Å². The number of aromatic nitrogens is 1. The number of primary amides is 1. The van der Waals surface area contributed by atoms with Gasteiger partial charge in [0.15, 0.2) is 0 Å². The fraction of sp³-hybridized carbons (Fsp3) is 0.0769. The van der Waals surface area contributed by atoms with Gasteiger partial charge in [0.2, 0.25) is 5.91 Å². The molecule has 1 heterocycles. The molecular weight excluding hydrogens is 294 g/mol. The summed E-state index contributed by atoms with van der Waals surface area (Å²) in [7, 11) is 0. The fourth-order valence-electron chi connectivity index (χ4n) is 1.44. The van der Waals surface area contributed by atoms with E-state index < -0.39 is 5.91 Å². The van der Waals surface area contributed by atoms with Gasteiger partial charge < -0.3 is 11.1 Å². The Labute approximate surface area is 113 Å². The third-order valence-corrected chi connectivity index (χ3v) is 2.96. The molecule has 0 aliphatic carbocycles. The van der Waals surface area contributed by atoms with Gasteiger partial charge in [0.1, 0.15) is 5.82 Å². The Morgan fingerprint density at radius 1 is 1.22 bits per heavy atom. The fourth-order valence-corrected chi connectivity index (χ4v) is 1.70. The van der Waals surface area contributed by atoms with E-state index in [-0.39, 0.29) is 0 Å². The number of benzene rings is 1. The van der Waals surface area contributed by atoms with Gasteiger partial charge >= 0.3 is 0 Å². The van der Waals surface area contributed by atoms with Crippen molar-refractivity contribution in [1.82, 2.24) is 4.98 Å². The zero-order valence-electron chi connectivity index (χ0n) is 9.56. The molecule has 0 radical (unpaired) electrons. The minimum absolute atomic E-state index is 0.407. The molecule has 0 bridgehead atoms. The number of pyridine rings is 1. The molecule has 5 heteroatoms. The van der Waals surface area contributed by atoms with Gasteiger partial charge in [0, 0.05) is 17.2 Å². The molecule has 92 valence electrons. The number of nitrogens with two attached hydrogens (primary N) is 1. The van der Waals surface area contributed by atoms with Crippen LogP contribution in [0.5, 0.6) is 0 Å². The summed E-state index contributed by atoms with van der Waals surface area (Å²) in [6.45, 7) is 0.677. The maximum Gasteiger partial charge on any atom is 0.250 e. The Kier molecular flexibility index (Phi) is 3.94. The SMILES string of the molecule is NC(=O)c1ccc(NCc2ccc(Br)cc2)nc1. The predicted octanol–water partition coefficient (Wildman–Crippen LogP) is 2.56. The second kappa shape index (κ2) is 5.64. The molecule has 0 aliphatic heterocycles. The molecule has 0 atom stereocenters. The van der Waals surface area contributed by atoms with Crippen molar-refractivity contribution in [2.45, 2.75) is 6.54 Å². The van der Waals surface area contributed by atoms with Gasteiger partial charge in [-0.2, -0.15) is 0 Å². The first kappa shape index (κ1) is 12.6. The van der Waals surface area contributed by atoms with Crippen LogP contribution in [0.25, 0.3) is 0 Å². The van der Waals surface area contributed by atoms with Crippen molar-refractivity contribution in [3.05, 3.63) is 58.2 Å². The van der Waals surface area contributed by atoms with Crippen LogP contribution in [-0.4, -0.2) is 10.9 Å². The molecule has 0 unspecified atom stereocenters. The lowest BCUT2D eigenvalue weighted by Crippen LogP contribution is -2.11. The molecule has 1 aromatic heterocycles. The van der Waals surface area contributed by atoms with Gasteiger partial charge in [0.25, 0.3) is 0 Å². The van der Waals surface area contributed by atoms with Crippen LogP contribution in [0, 0.1) is 0 Å². The topological polar surface area (TPSA) is 68.0 Å². The molecule has 0 saturated carbocycles. The van der Waals surface area contributed by atoms with Crippen LogP contribution in [0.2, 0.25) is 0 Å². The zero-order chi connectivity index (χ0) is 13.0. The lowest BCUT2D eigenvalue weighted by molar-refractivity contribution is 0.1000. The van der Waals surface area contributed by atoms with Crippen LogP contribution in [-0.2, 0) is 6.54 Å². The number of hydrogen-bond acceptors (Lipinski definition) is 3. The van der Waals surface area contributed by atoms with E-state index >= 15 is 0 Å². The van der Waals surface area contributed by atoms with E-state index in [4.69, 9.17) is 5.73 Å². The Hall–Kier alpha value is -1.88. The number of amides is 1. The van der Waals surface area contributed by atoms with Crippen molar-refractivity contribution in [2.24, 2.45) is 5.73 Å². The van der Waals surface area contributed by atoms with E-state index in [9.17, 15) is 4.79 Å². The van der Waals surface area contributed by atoms with Crippen LogP contribution in [0.3, 0.4) is 0 Å². The summed E-state index contributed by atoms with van der Waals surface area (Å²) >= 11 is 3.39. The monoisotopic (exact) mass is 305 g/mol. The van der Waals surface area contributed by atoms with E-state index in [1.807, 2.05) is 24.3 Å². The highest BCUT2D eigenvalue weighted by molar-refractivity contribution is 9.10. The summed E-state index contributed by atoms with van der Waals surface area (Å²) in [5.74, 6) is 0.241. The average Bonchev–Trinajstić information content (AvgIpc) is 2.38. The number of nitrogens with zero attached hydrogens (tertiary/aromatic N) is 1. The first-order valence-corrected chi connectivity index (χ1v) is 6.18. The number of carbonyl (C=O) groups is 1. The summed E-state index contributed by atoms with van der Waals surface area (Å²) in [5, 5.41) is 3.17. The van der Waals surface area contributed by atoms with Crippen molar-refractivity contribution < 1.29 is 4.79 Å². The van der Waals surface area contributed by atoms with Gasteiger partial charge in [-0.25, -0.2) is 4.98 Å². The quantitative estimate of drug-likeness (QED) is 0.912. The van der Waals surface area contributed by atoms with E-state index in [0.29, 0.717) is 17.9 Å². The van der Waals surface area contributed by atoms with E-state index in [1.165, 1.54) is 6.20 Å². The molecule has 1 aromatic carbocycles. The Bertz CT molecular complexity index is 537. The smallest absolute Gasteiger partial charge is 0.250 e. The van der Waals surface area contributed by atoms with Crippen molar-refractivity contribution in [3.63, 3.8) is 0 Å². The molecule has 3 N–H and O–H groups in total. The van der Waals surface area contributed by atoms with Crippen molar-refractivity contribution in [2.75, 3.05) is 5.32 Å². The number of hydrogen-bond donors (Lipinski definition) is 2. The Balaban J connectivity index is 1.97. The van der Waals surface area contributed by atoms with Gasteiger partial charge in [-0.3, -0.25) is 4.79 Å². The molecule has 1 amide bonds. The Morgan fingerprint density at radius 3 is 2.50 bits per heavy atom. The molecule has 0 fully saturated rings. The van der Waals surface area contributed by atoms with E-state index in [0.717, 1.165) is 10.0 Å². The maximum absolute atomic E-state index is 10.9. The number of nitrogens with one attached hydrogen (secondary N) is 1. The molecule has 2 aromatic rings. The molecule has 0 aliphatic rings. The van der Waals surface area contributed by atoms with Gasteiger partial charge in [-0.1, -0.05) is 28.1 Å². The van der Waals surface area contributed by atoms with Crippen molar-refractivity contribution in [1.29, 1.82) is 0 Å². The predicted molar refractivity (Wildman–Crippen MR) is 74.2 cm³/mol. The minimum Gasteiger partial charge on any atom is -0.366 e. The lowest BCUT2D eigenvalue weighted by Gasteiger charge is -2.06. The molecule has 2 rings (SSSR count). The largest absolute Gasteiger partial charge is 0.366 e. The normalized spacial score (nSPS) is 10.1. The van der Waals surface area contributed by atoms with E-state index in [1.54, 1.807) is 12.1 Å². The summed E-state index contributed by atoms with van der Waals surface area (Å²) in [5.41, 5.74) is 6.70. The molecule has 18 heavy (non-hydrogen) atoms. The number of halogens is 1. The highest BCUT2D eigenvalue weighted by Gasteiger charge is 2.00. The minimum atomic E-state index is -0.470. The van der Waals surface area contributed by atoms with Crippen LogP contribution >= 0.6 is 15.9 Å². The van der Waals surface area contributed by atoms with Gasteiger partial charge in [0.05, 0.1) is 5.56 Å². The van der Waals surface area contributed by atoms with Gasteiger partial charge in [-0.05, 0) is 29.8 Å². The highest BCUT2D eigenvalue weighted by Crippen LogP contribution is 2.12. The van der Waals surface area contributed by atoms with Crippen LogP contribution in [0.4, 0.5) is 5.82 Å². The van der Waals surface area contributed by atoms with E-state index in [2.05, 4.69) is 26.2 Å². The van der Waals surface area contributed by atoms with Crippen molar-refractivity contribution >= 4 is 27.7 Å². The summed E-state index contributed by atoms with van der Waals surface area (Å²) in [6.07, 6.45) is 1.46. The second-order valence-corrected chi connectivity index (χ2v) is 4.69. The Morgan fingerprint density at radius 2 is 1.94 bits per heavy atom. The molecular formula is C13H12BrN3O. The standard InChI is InChI=1S/C13H12BrN3O/c14-11-4-1-9(2-5-11)7-16-12-6-3-10(8-17-12)13(15)18/h1-6,8H,7H2,(H2,15,18)(H,16,17). The maximum atomic E-state index is 10.9. The lowest BCUT2D eigenvalue weighted by atomic mass is 10.2. The molecule has 4 nitrogen and oxygen atoms in total. The number of rotatable bonds is 4. The van der Waals surface area contributed by atoms with Crippen LogP contribution in [0.15, 0.2) is 47.1 Å². The average molecular weight is 306 g/mol. The molecule has 0 saturated heterocycles. The summed E-state index contributed by atoms with van der Waals surface area (Å²) in [4.78, 5) is 15.0. The van der Waals surface area contributed by atoms with Crippen molar-refractivity contribution in [3.8, 4) is 0 Å². The third-order valence-electron chi connectivity index (χ3n) is 2.43. The highest BCUT2D eigenvalue weighted by atomic mass is 79.9. The second-order valence-electron chi connectivity index (χ2n) is 3.78. The first-order chi connectivity index (χ1) is 8.65. The number of anilines is 1. The summed E-state index contributed by atoms with van der Waals surface area (Å²) in [6, 6.07) is 11.4. The number of carbonyl (C=O) groups excluding carboxylic acids is 1. The molecule has 0 spiro atoms. The zero-order valence-corrected chi connectivity index (χ0v) is 11.1.